The van der Waals surface area contributed by atoms with Crippen molar-refractivity contribution in [2.45, 2.75) is 84.3 Å². The molecule has 1 aliphatic heterocycles. The smallest absolute Gasteiger partial charge is 0.0223 e. The molecule has 102 valence electrons. The van der Waals surface area contributed by atoms with E-state index in [0.717, 1.165) is 18.6 Å². The van der Waals surface area contributed by atoms with Crippen LogP contribution >= 0.6 is 0 Å². The largest absolute Gasteiger partial charge is 0.311 e. The third-order valence-electron chi connectivity index (χ3n) is 3.95. The summed E-state index contributed by atoms with van der Waals surface area (Å²) in [6.45, 7) is 13.9. The normalized spacial score (nSPS) is 23.3. The van der Waals surface area contributed by atoms with E-state index in [1.54, 1.807) is 0 Å². The molecule has 0 aromatic rings. The zero-order chi connectivity index (χ0) is 12.9. The third kappa shape index (κ3) is 4.97. The molecule has 0 radical (unpaired) electrons. The van der Waals surface area contributed by atoms with Gasteiger partial charge in [0.25, 0.3) is 0 Å². The number of nitrogens with zero attached hydrogens (tertiary/aromatic N) is 1. The molecular formula is C15H32N2. The Morgan fingerprint density at radius 1 is 1.18 bits per heavy atom. The van der Waals surface area contributed by atoms with Crippen LogP contribution < -0.4 is 5.32 Å². The summed E-state index contributed by atoms with van der Waals surface area (Å²) < 4.78 is 0. The molecule has 1 rings (SSSR count). The minimum Gasteiger partial charge on any atom is -0.311 e. The van der Waals surface area contributed by atoms with Crippen molar-refractivity contribution in [2.75, 3.05) is 13.1 Å². The van der Waals surface area contributed by atoms with E-state index in [1.807, 2.05) is 0 Å². The third-order valence-corrected chi connectivity index (χ3v) is 3.95. The van der Waals surface area contributed by atoms with Gasteiger partial charge < -0.3 is 5.32 Å². The quantitative estimate of drug-likeness (QED) is 0.792. The highest BCUT2D eigenvalue weighted by Crippen LogP contribution is 2.22. The number of hydrogen-bond acceptors (Lipinski definition) is 2. The number of rotatable bonds is 5. The Balaban J connectivity index is 2.53. The van der Waals surface area contributed by atoms with Gasteiger partial charge in [-0.05, 0) is 53.0 Å². The monoisotopic (exact) mass is 240 g/mol. The zero-order valence-electron chi connectivity index (χ0n) is 12.6. The van der Waals surface area contributed by atoms with Crippen LogP contribution in [0, 0.1) is 0 Å². The molecule has 17 heavy (non-hydrogen) atoms. The van der Waals surface area contributed by atoms with Crippen LogP contribution in [0.1, 0.15) is 66.7 Å². The van der Waals surface area contributed by atoms with Gasteiger partial charge in [-0.1, -0.05) is 20.3 Å². The first-order valence-electron chi connectivity index (χ1n) is 7.48. The van der Waals surface area contributed by atoms with Gasteiger partial charge in [0, 0.05) is 24.2 Å². The summed E-state index contributed by atoms with van der Waals surface area (Å²) in [4.78, 5) is 2.77. The topological polar surface area (TPSA) is 15.3 Å². The molecular weight excluding hydrogens is 208 g/mol. The second-order valence-corrected chi connectivity index (χ2v) is 6.49. The van der Waals surface area contributed by atoms with Gasteiger partial charge in [-0.2, -0.15) is 0 Å². The molecule has 1 N–H and O–H groups in total. The summed E-state index contributed by atoms with van der Waals surface area (Å²) >= 11 is 0. The Morgan fingerprint density at radius 2 is 1.82 bits per heavy atom. The molecule has 2 heteroatoms. The van der Waals surface area contributed by atoms with Crippen molar-refractivity contribution in [3.63, 3.8) is 0 Å². The lowest BCUT2D eigenvalue weighted by Gasteiger charge is -2.42. The maximum Gasteiger partial charge on any atom is 0.0223 e. The molecule has 0 aromatic carbocycles. The lowest BCUT2D eigenvalue weighted by Crippen LogP contribution is -2.52. The molecule has 0 saturated carbocycles. The van der Waals surface area contributed by atoms with Crippen molar-refractivity contribution in [1.82, 2.24) is 10.2 Å². The lowest BCUT2D eigenvalue weighted by atomic mass is 9.96. The van der Waals surface area contributed by atoms with Gasteiger partial charge in [-0.15, -0.1) is 0 Å². The first-order chi connectivity index (χ1) is 7.98. The molecule has 1 saturated heterocycles. The SMILES string of the molecule is CCC(CC)N1CCCCC1CNC(C)(C)C. The molecule has 0 spiro atoms. The van der Waals surface area contributed by atoms with Gasteiger partial charge in [0.15, 0.2) is 0 Å². The van der Waals surface area contributed by atoms with E-state index in [1.165, 1.54) is 38.6 Å². The molecule has 0 amide bonds. The molecule has 1 unspecified atom stereocenters. The van der Waals surface area contributed by atoms with Crippen LogP contribution in [0.2, 0.25) is 0 Å². The Labute approximate surface area is 108 Å². The van der Waals surface area contributed by atoms with E-state index >= 15 is 0 Å². The predicted molar refractivity (Wildman–Crippen MR) is 76.5 cm³/mol. The summed E-state index contributed by atoms with van der Waals surface area (Å²) in [6.07, 6.45) is 6.76. The number of likely N-dealkylation sites (tertiary alicyclic amines) is 1. The van der Waals surface area contributed by atoms with Crippen LogP contribution in [-0.2, 0) is 0 Å². The van der Waals surface area contributed by atoms with Gasteiger partial charge in [-0.3, -0.25) is 4.90 Å². The summed E-state index contributed by atoms with van der Waals surface area (Å²) in [5.41, 5.74) is 0.247. The average Bonchev–Trinajstić information content (AvgIpc) is 2.28. The molecule has 2 nitrogen and oxygen atoms in total. The highest BCUT2D eigenvalue weighted by molar-refractivity contribution is 4.85. The zero-order valence-corrected chi connectivity index (χ0v) is 12.6. The van der Waals surface area contributed by atoms with Gasteiger partial charge in [0.1, 0.15) is 0 Å². The molecule has 0 aliphatic carbocycles. The van der Waals surface area contributed by atoms with E-state index < -0.39 is 0 Å². The Morgan fingerprint density at radius 3 is 2.35 bits per heavy atom. The molecule has 0 aromatic heterocycles. The number of piperidine rings is 1. The standard InChI is InChI=1S/C15H32N2/c1-6-13(7-2)17-11-9-8-10-14(17)12-16-15(3,4)5/h13-14,16H,6-12H2,1-5H3. The van der Waals surface area contributed by atoms with Crippen LogP contribution in [0.15, 0.2) is 0 Å². The van der Waals surface area contributed by atoms with Crippen molar-refractivity contribution in [2.24, 2.45) is 0 Å². The van der Waals surface area contributed by atoms with E-state index in [9.17, 15) is 0 Å². The Kier molecular flexibility index (Phi) is 5.94. The van der Waals surface area contributed by atoms with Crippen LogP contribution in [-0.4, -0.2) is 35.6 Å². The van der Waals surface area contributed by atoms with Crippen molar-refractivity contribution in [3.8, 4) is 0 Å². The summed E-state index contributed by atoms with van der Waals surface area (Å²) in [5.74, 6) is 0. The fourth-order valence-corrected chi connectivity index (χ4v) is 2.90. The van der Waals surface area contributed by atoms with Gasteiger partial charge in [0.2, 0.25) is 0 Å². The fraction of sp³-hybridized carbons (Fsp3) is 1.00. The number of hydrogen-bond donors (Lipinski definition) is 1. The van der Waals surface area contributed by atoms with Gasteiger partial charge in [-0.25, -0.2) is 0 Å². The van der Waals surface area contributed by atoms with E-state index in [4.69, 9.17) is 0 Å². The fourth-order valence-electron chi connectivity index (χ4n) is 2.90. The van der Waals surface area contributed by atoms with Crippen molar-refractivity contribution < 1.29 is 0 Å². The van der Waals surface area contributed by atoms with Crippen molar-refractivity contribution in [1.29, 1.82) is 0 Å². The predicted octanol–water partition coefficient (Wildman–Crippen LogP) is 3.42. The summed E-state index contributed by atoms with van der Waals surface area (Å²) in [7, 11) is 0. The van der Waals surface area contributed by atoms with E-state index in [-0.39, 0.29) is 5.54 Å². The van der Waals surface area contributed by atoms with Gasteiger partial charge in [0.05, 0.1) is 0 Å². The van der Waals surface area contributed by atoms with E-state index in [2.05, 4.69) is 44.8 Å². The first kappa shape index (κ1) is 15.0. The summed E-state index contributed by atoms with van der Waals surface area (Å²) in [5, 5.41) is 3.68. The Bertz CT molecular complexity index is 203. The molecule has 1 atom stereocenters. The van der Waals surface area contributed by atoms with Crippen LogP contribution in [0.4, 0.5) is 0 Å². The van der Waals surface area contributed by atoms with Crippen molar-refractivity contribution in [3.05, 3.63) is 0 Å². The minimum atomic E-state index is 0.247. The van der Waals surface area contributed by atoms with Crippen LogP contribution in [0.5, 0.6) is 0 Å². The maximum absolute atomic E-state index is 3.68. The second kappa shape index (κ2) is 6.75. The second-order valence-electron chi connectivity index (χ2n) is 6.49. The lowest BCUT2D eigenvalue weighted by molar-refractivity contribution is 0.0842. The van der Waals surface area contributed by atoms with E-state index in [0.29, 0.717) is 0 Å². The van der Waals surface area contributed by atoms with Crippen LogP contribution in [0.3, 0.4) is 0 Å². The van der Waals surface area contributed by atoms with Crippen LogP contribution in [0.25, 0.3) is 0 Å². The van der Waals surface area contributed by atoms with Gasteiger partial charge >= 0.3 is 0 Å². The Hall–Kier alpha value is -0.0800. The van der Waals surface area contributed by atoms with Crippen molar-refractivity contribution >= 4 is 0 Å². The molecule has 1 aliphatic rings. The highest BCUT2D eigenvalue weighted by atomic mass is 15.2. The first-order valence-corrected chi connectivity index (χ1v) is 7.48. The number of nitrogens with one attached hydrogen (secondary N) is 1. The molecule has 1 heterocycles. The highest BCUT2D eigenvalue weighted by Gasteiger charge is 2.27. The summed E-state index contributed by atoms with van der Waals surface area (Å²) in [6, 6.07) is 1.55. The maximum atomic E-state index is 3.68. The molecule has 1 fully saturated rings. The minimum absolute atomic E-state index is 0.247. The molecule has 0 bridgehead atoms. The average molecular weight is 240 g/mol.